The van der Waals surface area contributed by atoms with E-state index >= 15 is 0 Å². The minimum atomic E-state index is -0.176. The molecule has 0 unspecified atom stereocenters. The van der Waals surface area contributed by atoms with Crippen LogP contribution in [0.2, 0.25) is 0 Å². The zero-order valence-electron chi connectivity index (χ0n) is 18.4. The highest BCUT2D eigenvalue weighted by Gasteiger charge is 2.18. The van der Waals surface area contributed by atoms with Crippen LogP contribution in [0.1, 0.15) is 24.5 Å². The Kier molecular flexibility index (Phi) is 10.9. The minimum Gasteiger partial charge on any atom is -0.357 e. The van der Waals surface area contributed by atoms with Crippen molar-refractivity contribution in [3.63, 3.8) is 0 Å². The lowest BCUT2D eigenvalue weighted by Crippen LogP contribution is -2.47. The maximum atomic E-state index is 13.4. The van der Waals surface area contributed by atoms with Gasteiger partial charge in [-0.15, -0.1) is 24.0 Å². The second-order valence-corrected chi connectivity index (χ2v) is 7.44. The topological polar surface area (TPSA) is 68.7 Å². The van der Waals surface area contributed by atoms with Crippen LogP contribution < -0.4 is 15.5 Å². The molecule has 0 saturated carbocycles. The van der Waals surface area contributed by atoms with Gasteiger partial charge >= 0.3 is 0 Å². The largest absolute Gasteiger partial charge is 0.357 e. The van der Waals surface area contributed by atoms with Crippen molar-refractivity contribution >= 4 is 35.9 Å². The number of rotatable bonds is 8. The van der Waals surface area contributed by atoms with Crippen LogP contribution in [-0.4, -0.2) is 66.6 Å². The van der Waals surface area contributed by atoms with Crippen molar-refractivity contribution in [2.75, 3.05) is 50.7 Å². The summed E-state index contributed by atoms with van der Waals surface area (Å²) in [6, 6.07) is 6.99. The first kappa shape index (κ1) is 25.3. The number of aryl methyl sites for hydroxylation is 1. The molecule has 0 amide bonds. The average molecular weight is 541 g/mol. The van der Waals surface area contributed by atoms with Crippen LogP contribution in [0, 0.1) is 12.7 Å². The number of nitrogens with one attached hydrogen (secondary N) is 2. The van der Waals surface area contributed by atoms with Crippen LogP contribution in [0.25, 0.3) is 0 Å². The quantitative estimate of drug-likeness (QED) is 0.232. The molecular weight excluding hydrogens is 508 g/mol. The first-order valence-electron chi connectivity index (χ1n) is 10.7. The van der Waals surface area contributed by atoms with Crippen molar-refractivity contribution in [1.82, 2.24) is 25.5 Å². The molecule has 1 saturated heterocycles. The van der Waals surface area contributed by atoms with Crippen LogP contribution in [0.4, 0.5) is 10.3 Å². The molecule has 0 aliphatic carbocycles. The molecule has 170 valence electrons. The second kappa shape index (κ2) is 13.4. The maximum absolute atomic E-state index is 13.4. The number of aliphatic imine (C=N–C) groups is 1. The molecule has 0 radical (unpaired) electrons. The Balaban J connectivity index is 0.00000341. The summed E-state index contributed by atoms with van der Waals surface area (Å²) in [7, 11) is 0. The van der Waals surface area contributed by atoms with Crippen molar-refractivity contribution in [1.29, 1.82) is 0 Å². The summed E-state index contributed by atoms with van der Waals surface area (Å²) in [5, 5.41) is 6.67. The fourth-order valence-electron chi connectivity index (χ4n) is 3.45. The van der Waals surface area contributed by atoms with Gasteiger partial charge in [-0.1, -0.05) is 12.1 Å². The van der Waals surface area contributed by atoms with E-state index in [0.29, 0.717) is 12.1 Å². The number of piperazine rings is 1. The van der Waals surface area contributed by atoms with Gasteiger partial charge < -0.3 is 15.5 Å². The van der Waals surface area contributed by atoms with Crippen molar-refractivity contribution in [2.24, 2.45) is 4.99 Å². The minimum absolute atomic E-state index is 0. The Morgan fingerprint density at radius 2 is 1.87 bits per heavy atom. The SMILES string of the molecule is CCNC(=NCc1ccc(F)c(C)c1)NCCCN1CCN(c2ncccn2)CC1.I. The van der Waals surface area contributed by atoms with Gasteiger partial charge in [0.25, 0.3) is 0 Å². The fraction of sp³-hybridized carbons (Fsp3) is 0.500. The number of hydrogen-bond acceptors (Lipinski definition) is 5. The molecular formula is C22H33FIN7. The van der Waals surface area contributed by atoms with Gasteiger partial charge in [0.05, 0.1) is 6.54 Å². The molecule has 31 heavy (non-hydrogen) atoms. The normalized spacial score (nSPS) is 14.8. The van der Waals surface area contributed by atoms with Gasteiger partial charge in [-0.05, 0) is 50.1 Å². The Morgan fingerprint density at radius 3 is 2.55 bits per heavy atom. The zero-order valence-corrected chi connectivity index (χ0v) is 20.7. The summed E-state index contributed by atoms with van der Waals surface area (Å²) >= 11 is 0. The van der Waals surface area contributed by atoms with Crippen LogP contribution in [0.3, 0.4) is 0 Å². The summed E-state index contributed by atoms with van der Waals surface area (Å²) in [6.45, 7) is 11.0. The number of benzene rings is 1. The Bertz CT molecular complexity index is 811. The third kappa shape index (κ3) is 8.21. The van der Waals surface area contributed by atoms with Crippen molar-refractivity contribution < 1.29 is 4.39 Å². The van der Waals surface area contributed by atoms with E-state index in [1.54, 1.807) is 25.4 Å². The average Bonchev–Trinajstić information content (AvgIpc) is 2.78. The number of aromatic nitrogens is 2. The zero-order chi connectivity index (χ0) is 21.2. The molecule has 1 aromatic carbocycles. The van der Waals surface area contributed by atoms with Gasteiger partial charge in [0.15, 0.2) is 5.96 Å². The number of halogens is 2. The predicted molar refractivity (Wildman–Crippen MR) is 135 cm³/mol. The molecule has 2 heterocycles. The van der Waals surface area contributed by atoms with E-state index in [0.717, 1.165) is 69.7 Å². The third-order valence-corrected chi connectivity index (χ3v) is 5.14. The summed E-state index contributed by atoms with van der Waals surface area (Å²) in [5.41, 5.74) is 1.66. The van der Waals surface area contributed by atoms with Crippen LogP contribution in [0.15, 0.2) is 41.7 Å². The van der Waals surface area contributed by atoms with E-state index in [9.17, 15) is 4.39 Å². The smallest absolute Gasteiger partial charge is 0.225 e. The standard InChI is InChI=1S/C22H32FN7.HI/c1-3-24-21(28-17-19-6-7-20(23)18(2)16-19)25-10-5-11-29-12-14-30(15-13-29)22-26-8-4-9-27-22;/h4,6-9,16H,3,5,10-15,17H2,1-2H3,(H2,24,25,28);1H. The summed E-state index contributed by atoms with van der Waals surface area (Å²) in [4.78, 5) is 18.0. The first-order valence-corrected chi connectivity index (χ1v) is 10.7. The van der Waals surface area contributed by atoms with Crippen molar-refractivity contribution in [3.8, 4) is 0 Å². The molecule has 1 aromatic heterocycles. The molecule has 1 aliphatic rings. The Hall–Kier alpha value is -2.01. The van der Waals surface area contributed by atoms with Gasteiger partial charge in [-0.2, -0.15) is 0 Å². The second-order valence-electron chi connectivity index (χ2n) is 7.44. The summed E-state index contributed by atoms with van der Waals surface area (Å²) in [5.74, 6) is 1.44. The molecule has 0 bridgehead atoms. The Labute approximate surface area is 201 Å². The predicted octanol–water partition coefficient (Wildman–Crippen LogP) is 2.81. The Morgan fingerprint density at radius 1 is 1.13 bits per heavy atom. The molecule has 7 nitrogen and oxygen atoms in total. The van der Waals surface area contributed by atoms with Gasteiger partial charge in [-0.3, -0.25) is 4.90 Å². The lowest BCUT2D eigenvalue weighted by atomic mass is 10.1. The van der Waals surface area contributed by atoms with E-state index in [1.807, 2.05) is 12.1 Å². The molecule has 9 heteroatoms. The maximum Gasteiger partial charge on any atom is 0.225 e. The van der Waals surface area contributed by atoms with E-state index in [1.165, 1.54) is 6.07 Å². The summed E-state index contributed by atoms with van der Waals surface area (Å²) in [6.07, 6.45) is 4.63. The van der Waals surface area contributed by atoms with E-state index in [2.05, 4.69) is 42.3 Å². The molecule has 1 aliphatic heterocycles. The third-order valence-electron chi connectivity index (χ3n) is 5.14. The van der Waals surface area contributed by atoms with Crippen LogP contribution >= 0.6 is 24.0 Å². The highest BCUT2D eigenvalue weighted by molar-refractivity contribution is 14.0. The summed E-state index contributed by atoms with van der Waals surface area (Å²) < 4.78 is 13.4. The van der Waals surface area contributed by atoms with E-state index < -0.39 is 0 Å². The van der Waals surface area contributed by atoms with E-state index in [-0.39, 0.29) is 29.8 Å². The number of guanidine groups is 1. The highest BCUT2D eigenvalue weighted by Crippen LogP contribution is 2.11. The van der Waals surface area contributed by atoms with Crippen LogP contribution in [-0.2, 0) is 6.54 Å². The molecule has 1 fully saturated rings. The van der Waals surface area contributed by atoms with Gasteiger partial charge in [-0.25, -0.2) is 19.4 Å². The van der Waals surface area contributed by atoms with Gasteiger partial charge in [0.2, 0.25) is 5.95 Å². The van der Waals surface area contributed by atoms with Crippen molar-refractivity contribution in [3.05, 3.63) is 53.6 Å². The molecule has 3 rings (SSSR count). The van der Waals surface area contributed by atoms with Gasteiger partial charge in [0.1, 0.15) is 5.82 Å². The fourth-order valence-corrected chi connectivity index (χ4v) is 3.45. The van der Waals surface area contributed by atoms with Gasteiger partial charge in [0, 0.05) is 51.7 Å². The number of hydrogen-bond donors (Lipinski definition) is 2. The number of nitrogens with zero attached hydrogens (tertiary/aromatic N) is 5. The van der Waals surface area contributed by atoms with Crippen molar-refractivity contribution in [2.45, 2.75) is 26.8 Å². The van der Waals surface area contributed by atoms with Crippen LogP contribution in [0.5, 0.6) is 0 Å². The molecule has 2 aromatic rings. The monoisotopic (exact) mass is 541 g/mol. The number of anilines is 1. The lowest BCUT2D eigenvalue weighted by molar-refractivity contribution is 0.254. The lowest BCUT2D eigenvalue weighted by Gasteiger charge is -2.34. The molecule has 0 atom stereocenters. The molecule has 2 N–H and O–H groups in total. The van der Waals surface area contributed by atoms with E-state index in [4.69, 9.17) is 0 Å². The first-order chi connectivity index (χ1) is 14.7. The molecule has 0 spiro atoms. The highest BCUT2D eigenvalue weighted by atomic mass is 127.